The molecule has 0 radical (unpaired) electrons. The lowest BCUT2D eigenvalue weighted by Crippen LogP contribution is -2.18. The molecule has 1 aromatic carbocycles. The van der Waals surface area contributed by atoms with E-state index in [1.54, 1.807) is 24.3 Å². The van der Waals surface area contributed by atoms with E-state index >= 15 is 0 Å². The van der Waals surface area contributed by atoms with E-state index in [0.29, 0.717) is 22.9 Å². The number of aromatic nitrogens is 4. The Balaban J connectivity index is 1.74. The van der Waals surface area contributed by atoms with Gasteiger partial charge in [-0.05, 0) is 30.3 Å². The predicted octanol–water partition coefficient (Wildman–Crippen LogP) is 2.00. The average Bonchev–Trinajstić information content (AvgIpc) is 3.31. The zero-order valence-electron chi connectivity index (χ0n) is 14.5. The van der Waals surface area contributed by atoms with Gasteiger partial charge in [-0.25, -0.2) is 14.5 Å². The summed E-state index contributed by atoms with van der Waals surface area (Å²) < 4.78 is 37.8. The van der Waals surface area contributed by atoms with Crippen molar-refractivity contribution >= 4 is 0 Å². The third kappa shape index (κ3) is 3.25. The van der Waals surface area contributed by atoms with Crippen LogP contribution in [0.4, 0.5) is 8.78 Å². The normalized spacial score (nSPS) is 12.2. The van der Waals surface area contributed by atoms with E-state index in [1.807, 2.05) is 6.07 Å². The van der Waals surface area contributed by atoms with Crippen molar-refractivity contribution in [2.24, 2.45) is 5.73 Å². The van der Waals surface area contributed by atoms with Gasteiger partial charge in [-0.15, -0.1) is 0 Å². The average molecular weight is 387 g/mol. The van der Waals surface area contributed by atoms with Gasteiger partial charge < -0.3 is 15.2 Å². The summed E-state index contributed by atoms with van der Waals surface area (Å²) in [5.74, 6) is 1.37. The molecule has 1 aliphatic rings. The number of aromatic amines is 1. The van der Waals surface area contributed by atoms with E-state index in [9.17, 15) is 13.6 Å². The topological polar surface area (TPSA) is 108 Å². The predicted molar refractivity (Wildman–Crippen MR) is 95.5 cm³/mol. The Hall–Kier alpha value is -3.53. The summed E-state index contributed by atoms with van der Waals surface area (Å²) in [5.41, 5.74) is 6.29. The van der Waals surface area contributed by atoms with E-state index < -0.39 is 11.8 Å². The number of hydrogen-bond acceptors (Lipinski definition) is 6. The molecule has 3 aromatic rings. The van der Waals surface area contributed by atoms with Crippen molar-refractivity contribution in [2.75, 3.05) is 13.3 Å². The molecule has 3 heterocycles. The molecular formula is C18H15F2N5O3. The summed E-state index contributed by atoms with van der Waals surface area (Å²) in [6, 6.07) is 8.61. The number of benzene rings is 1. The molecule has 0 bridgehead atoms. The molecule has 0 atom stereocenters. The smallest absolute Gasteiger partial charge is 0.347 e. The van der Waals surface area contributed by atoms with Crippen LogP contribution >= 0.6 is 0 Å². The second-order valence-corrected chi connectivity index (χ2v) is 5.99. The molecule has 0 amide bonds. The standard InChI is InChI=1S/C18H15F2N5O3/c19-17(20)11(8-21)6-16-23-24-18(26)25(16)12-3-4-22-13(7-12)10-1-2-14-15(5-10)28-9-27-14/h1-5,7H,6,8-9,21H2,(H,24,26). The largest absolute Gasteiger partial charge is 0.454 e. The molecular weight excluding hydrogens is 372 g/mol. The fourth-order valence-corrected chi connectivity index (χ4v) is 2.89. The fourth-order valence-electron chi connectivity index (χ4n) is 2.89. The Morgan fingerprint density at radius 1 is 1.21 bits per heavy atom. The highest BCUT2D eigenvalue weighted by molar-refractivity contribution is 5.66. The van der Waals surface area contributed by atoms with Crippen molar-refractivity contribution in [1.82, 2.24) is 19.7 Å². The number of halogens is 2. The molecule has 0 unspecified atom stereocenters. The van der Waals surface area contributed by atoms with Crippen LogP contribution in [-0.2, 0) is 6.42 Å². The first-order valence-corrected chi connectivity index (χ1v) is 8.32. The lowest BCUT2D eigenvalue weighted by Gasteiger charge is -2.09. The minimum absolute atomic E-state index is 0.126. The van der Waals surface area contributed by atoms with Gasteiger partial charge in [-0.2, -0.15) is 13.9 Å². The van der Waals surface area contributed by atoms with Gasteiger partial charge in [0.15, 0.2) is 11.5 Å². The van der Waals surface area contributed by atoms with Crippen LogP contribution in [0, 0.1) is 0 Å². The Labute approximate surface area is 157 Å². The fraction of sp³-hybridized carbons (Fsp3) is 0.167. The van der Waals surface area contributed by atoms with Gasteiger partial charge in [-0.1, -0.05) is 0 Å². The van der Waals surface area contributed by atoms with Gasteiger partial charge in [-0.3, -0.25) is 4.98 Å². The lowest BCUT2D eigenvalue weighted by atomic mass is 10.1. The van der Waals surface area contributed by atoms with Crippen molar-refractivity contribution in [3.63, 3.8) is 0 Å². The third-order valence-electron chi connectivity index (χ3n) is 4.30. The van der Waals surface area contributed by atoms with Crippen LogP contribution in [0.25, 0.3) is 16.9 Å². The molecule has 0 spiro atoms. The van der Waals surface area contributed by atoms with E-state index in [0.717, 1.165) is 5.56 Å². The molecule has 144 valence electrons. The van der Waals surface area contributed by atoms with E-state index in [4.69, 9.17) is 15.2 Å². The summed E-state index contributed by atoms with van der Waals surface area (Å²) in [4.78, 5) is 16.6. The first-order chi connectivity index (χ1) is 13.6. The zero-order chi connectivity index (χ0) is 19.7. The number of ether oxygens (including phenoxy) is 2. The van der Waals surface area contributed by atoms with Gasteiger partial charge >= 0.3 is 5.69 Å². The minimum atomic E-state index is -1.87. The molecule has 0 fully saturated rings. The SMILES string of the molecule is NCC(Cc1n[nH]c(=O)n1-c1ccnc(-c2ccc3c(c2)OCO3)c1)=C(F)F. The molecule has 28 heavy (non-hydrogen) atoms. The van der Waals surface area contributed by atoms with Crippen LogP contribution < -0.4 is 20.9 Å². The second kappa shape index (κ2) is 7.24. The van der Waals surface area contributed by atoms with Gasteiger partial charge in [0.2, 0.25) is 6.79 Å². The van der Waals surface area contributed by atoms with Crippen LogP contribution in [0.1, 0.15) is 5.82 Å². The molecule has 2 aromatic heterocycles. The third-order valence-corrected chi connectivity index (χ3v) is 4.30. The van der Waals surface area contributed by atoms with Gasteiger partial charge in [0.1, 0.15) is 5.82 Å². The molecule has 8 nitrogen and oxygen atoms in total. The van der Waals surface area contributed by atoms with E-state index in [1.165, 1.54) is 10.8 Å². The molecule has 0 saturated carbocycles. The minimum Gasteiger partial charge on any atom is -0.454 e. The first kappa shape index (κ1) is 17.9. The first-order valence-electron chi connectivity index (χ1n) is 8.32. The van der Waals surface area contributed by atoms with E-state index in [-0.39, 0.29) is 31.2 Å². The number of nitrogens with one attached hydrogen (secondary N) is 1. The van der Waals surface area contributed by atoms with Gasteiger partial charge in [0.05, 0.1) is 11.4 Å². The summed E-state index contributed by atoms with van der Waals surface area (Å²) in [6.45, 7) is -0.176. The number of H-pyrrole nitrogens is 1. The van der Waals surface area contributed by atoms with Gasteiger partial charge in [0, 0.05) is 30.3 Å². The number of nitrogens with zero attached hydrogens (tertiary/aromatic N) is 3. The highest BCUT2D eigenvalue weighted by atomic mass is 19.3. The quantitative estimate of drug-likeness (QED) is 0.693. The van der Waals surface area contributed by atoms with Crippen molar-refractivity contribution in [3.05, 3.63) is 64.5 Å². The Bertz CT molecular complexity index is 1120. The molecule has 0 aliphatic carbocycles. The van der Waals surface area contributed by atoms with Crippen LogP contribution in [0.2, 0.25) is 0 Å². The van der Waals surface area contributed by atoms with Crippen LogP contribution in [0.3, 0.4) is 0 Å². The zero-order valence-corrected chi connectivity index (χ0v) is 14.5. The monoisotopic (exact) mass is 387 g/mol. The van der Waals surface area contributed by atoms with Crippen molar-refractivity contribution in [2.45, 2.75) is 6.42 Å². The maximum absolute atomic E-state index is 13.0. The summed E-state index contributed by atoms with van der Waals surface area (Å²) in [7, 11) is 0. The lowest BCUT2D eigenvalue weighted by molar-refractivity contribution is 0.174. The van der Waals surface area contributed by atoms with Crippen molar-refractivity contribution in [3.8, 4) is 28.4 Å². The van der Waals surface area contributed by atoms with Crippen molar-refractivity contribution in [1.29, 1.82) is 0 Å². The second-order valence-electron chi connectivity index (χ2n) is 5.99. The maximum atomic E-state index is 13.0. The van der Waals surface area contributed by atoms with Crippen LogP contribution in [0.15, 0.2) is 53.0 Å². The Morgan fingerprint density at radius 3 is 2.82 bits per heavy atom. The summed E-state index contributed by atoms with van der Waals surface area (Å²) in [5, 5.41) is 6.15. The number of fused-ring (bicyclic) bond motifs is 1. The Kier molecular flexibility index (Phi) is 4.62. The number of nitrogens with two attached hydrogens (primary N) is 1. The van der Waals surface area contributed by atoms with Crippen LogP contribution in [-0.4, -0.2) is 33.1 Å². The molecule has 0 saturated heterocycles. The molecule has 4 rings (SSSR count). The number of pyridine rings is 1. The molecule has 10 heteroatoms. The summed E-state index contributed by atoms with van der Waals surface area (Å²) >= 11 is 0. The highest BCUT2D eigenvalue weighted by Crippen LogP contribution is 2.35. The molecule has 1 aliphatic heterocycles. The highest BCUT2D eigenvalue weighted by Gasteiger charge is 2.17. The number of rotatable bonds is 5. The van der Waals surface area contributed by atoms with Crippen molar-refractivity contribution < 1.29 is 18.3 Å². The van der Waals surface area contributed by atoms with E-state index in [2.05, 4.69) is 15.2 Å². The van der Waals surface area contributed by atoms with Gasteiger partial charge in [0.25, 0.3) is 6.08 Å². The number of hydrogen-bond donors (Lipinski definition) is 2. The maximum Gasteiger partial charge on any atom is 0.347 e. The van der Waals surface area contributed by atoms with Crippen LogP contribution in [0.5, 0.6) is 11.5 Å². The molecule has 3 N–H and O–H groups in total. The summed E-state index contributed by atoms with van der Waals surface area (Å²) in [6.07, 6.45) is -0.604. The Morgan fingerprint density at radius 2 is 2.04 bits per heavy atom.